The molecule has 0 nitrogen and oxygen atoms in total. The summed E-state index contributed by atoms with van der Waals surface area (Å²) >= 11 is 0. The lowest BCUT2D eigenvalue weighted by molar-refractivity contribution is -0.481. The van der Waals surface area contributed by atoms with Gasteiger partial charge < -0.3 is 0 Å². The van der Waals surface area contributed by atoms with Crippen molar-refractivity contribution in [3.63, 3.8) is 0 Å². The summed E-state index contributed by atoms with van der Waals surface area (Å²) in [5.74, 6) is -94.7. The highest BCUT2D eigenvalue weighted by Gasteiger charge is 3.00. The van der Waals surface area contributed by atoms with Crippen LogP contribution in [0.5, 0.6) is 0 Å². The van der Waals surface area contributed by atoms with Gasteiger partial charge >= 0.3 is 80.0 Å². The van der Waals surface area contributed by atoms with Crippen LogP contribution in [0.4, 0.5) is 122 Å². The topological polar surface area (TPSA) is 0 Å². The Bertz CT molecular complexity index is 884. The average molecular weight is 704 g/mol. The SMILES string of the molecule is FC(F)(F)C(F)(F)C(F)(F)C(F)(F)C(F)(F)C(F)(F)C(F)(F)C(F)(F)C(F)(F)C(F)(F)C(F)(F)C(F)(F)[Si](F)(F)F. The first-order valence-electron chi connectivity index (χ1n) is 8.29. The second-order valence-electron chi connectivity index (χ2n) is 7.31. The van der Waals surface area contributed by atoms with Crippen LogP contribution in [0.25, 0.3) is 0 Å². The second kappa shape index (κ2) is 9.13. The summed E-state index contributed by atoms with van der Waals surface area (Å²) in [6, 6.07) is 0. The molecule has 0 aromatic heterocycles. The van der Waals surface area contributed by atoms with Crippen molar-refractivity contribution in [2.75, 3.05) is 0 Å². The molecule has 0 aromatic carbocycles. The van der Waals surface area contributed by atoms with Crippen molar-refractivity contribution in [3.05, 3.63) is 0 Å². The van der Waals surface area contributed by atoms with Crippen molar-refractivity contribution in [2.24, 2.45) is 0 Å². The van der Waals surface area contributed by atoms with Gasteiger partial charge in [-0.3, -0.25) is 0 Å². The number of rotatable bonds is 11. The van der Waals surface area contributed by atoms with Crippen molar-refractivity contribution in [3.8, 4) is 0 Å². The Balaban J connectivity index is 7.41. The second-order valence-corrected chi connectivity index (χ2v) is 8.94. The van der Waals surface area contributed by atoms with E-state index in [0.717, 1.165) is 0 Å². The Morgan fingerprint density at radius 2 is 0.366 bits per heavy atom. The monoisotopic (exact) mass is 704 g/mol. The first-order valence-corrected chi connectivity index (χ1v) is 9.93. The van der Waals surface area contributed by atoms with E-state index in [9.17, 15) is 122 Å². The lowest BCUT2D eigenvalue weighted by Crippen LogP contribution is -2.79. The molecule has 0 rings (SSSR count). The predicted molar refractivity (Wildman–Crippen MR) is 69.5 cm³/mol. The fourth-order valence-corrected chi connectivity index (χ4v) is 2.64. The molecule has 0 radical (unpaired) electrons. The molecule has 0 unspecified atom stereocenters. The van der Waals surface area contributed by atoms with Crippen molar-refractivity contribution in [2.45, 2.75) is 70.9 Å². The normalized spacial score (nSPS) is 17.3. The molecule has 0 atom stereocenters. The predicted octanol–water partition coefficient (Wildman–Crippen LogP) is 8.92. The van der Waals surface area contributed by atoms with E-state index in [-0.39, 0.29) is 0 Å². The van der Waals surface area contributed by atoms with Gasteiger partial charge in [0.2, 0.25) is 0 Å². The van der Waals surface area contributed by atoms with E-state index in [1.165, 1.54) is 0 Å². The molecular weight excluding hydrogens is 704 g/mol. The molecule has 0 N–H and O–H groups in total. The van der Waals surface area contributed by atoms with Crippen LogP contribution in [0.3, 0.4) is 0 Å². The van der Waals surface area contributed by atoms with Crippen molar-refractivity contribution < 1.29 is 122 Å². The van der Waals surface area contributed by atoms with Gasteiger partial charge in [-0.05, 0) is 0 Å². The highest BCUT2D eigenvalue weighted by atomic mass is 28.5. The lowest BCUT2D eigenvalue weighted by atomic mass is 9.85. The zero-order valence-corrected chi connectivity index (χ0v) is 18.1. The Labute approximate surface area is 203 Å². The molecule has 0 bridgehead atoms. The van der Waals surface area contributed by atoms with Gasteiger partial charge in [-0.15, -0.1) is 0 Å². The first-order chi connectivity index (χ1) is 17.0. The molecule has 0 aliphatic heterocycles. The Morgan fingerprint density at radius 1 is 0.220 bits per heavy atom. The molecule has 0 fully saturated rings. The maximum atomic E-state index is 13.4. The summed E-state index contributed by atoms with van der Waals surface area (Å²) in [5, 5.41) is 0. The summed E-state index contributed by atoms with van der Waals surface area (Å²) in [4.78, 5) is 0. The maximum Gasteiger partial charge on any atom is 0.697 e. The van der Waals surface area contributed by atoms with Crippen molar-refractivity contribution >= 4 is 9.08 Å². The van der Waals surface area contributed by atoms with E-state index < -0.39 is 80.0 Å². The van der Waals surface area contributed by atoms with E-state index in [1.54, 1.807) is 0 Å². The summed E-state index contributed by atoms with van der Waals surface area (Å²) in [7, 11) is -9.90. The molecular formula is C12F28Si. The Hall–Kier alpha value is -1.74. The van der Waals surface area contributed by atoms with Gasteiger partial charge in [-0.2, -0.15) is 110 Å². The van der Waals surface area contributed by atoms with Crippen LogP contribution in [0.15, 0.2) is 0 Å². The molecule has 0 amide bonds. The largest absolute Gasteiger partial charge is 0.697 e. The smallest absolute Gasteiger partial charge is 0.234 e. The van der Waals surface area contributed by atoms with Gasteiger partial charge in [-0.1, -0.05) is 0 Å². The van der Waals surface area contributed by atoms with Gasteiger partial charge in [0.25, 0.3) is 0 Å². The molecule has 0 aromatic rings. The first kappa shape index (κ1) is 39.3. The molecule has 0 saturated heterocycles. The van der Waals surface area contributed by atoms with Gasteiger partial charge in [0.1, 0.15) is 0 Å². The van der Waals surface area contributed by atoms with E-state index >= 15 is 0 Å². The van der Waals surface area contributed by atoms with Gasteiger partial charge in [-0.25, -0.2) is 12.3 Å². The average Bonchev–Trinajstić information content (AvgIpc) is 2.70. The number of alkyl halides is 25. The van der Waals surface area contributed by atoms with Crippen LogP contribution in [0.1, 0.15) is 0 Å². The number of hydrogen-bond acceptors (Lipinski definition) is 0. The summed E-state index contributed by atoms with van der Waals surface area (Å²) in [6.45, 7) is 0. The van der Waals surface area contributed by atoms with E-state index in [1.807, 2.05) is 0 Å². The third-order valence-corrected chi connectivity index (χ3v) is 5.68. The maximum absolute atomic E-state index is 13.4. The molecule has 29 heteroatoms. The van der Waals surface area contributed by atoms with Crippen molar-refractivity contribution in [1.82, 2.24) is 0 Å². The molecule has 0 spiro atoms. The van der Waals surface area contributed by atoms with Gasteiger partial charge in [0, 0.05) is 0 Å². The zero-order chi connectivity index (χ0) is 34.5. The summed E-state index contributed by atoms with van der Waals surface area (Å²) in [6.07, 6.45) is -8.24. The fraction of sp³-hybridized carbons (Fsp3) is 1.00. The van der Waals surface area contributed by atoms with E-state index in [4.69, 9.17) is 0 Å². The van der Waals surface area contributed by atoms with Crippen LogP contribution in [0.2, 0.25) is 0 Å². The lowest BCUT2D eigenvalue weighted by Gasteiger charge is -2.45. The molecule has 0 heterocycles. The number of hydrogen-bond donors (Lipinski definition) is 0. The molecule has 0 aliphatic carbocycles. The Morgan fingerprint density at radius 3 is 0.512 bits per heavy atom. The molecule has 248 valence electrons. The van der Waals surface area contributed by atoms with Crippen LogP contribution in [0, 0.1) is 0 Å². The zero-order valence-electron chi connectivity index (χ0n) is 17.1. The standard InChI is InChI=1S/C12F28Si/c13-1(14,3(17,18)5(21,22)7(25,26)9(29,30)11(33,34)35)2(15,16)4(19,20)6(23,24)8(27,28)10(31,32)12(36,37)41(38,39)40. The number of halogens is 28. The third kappa shape index (κ3) is 4.45. The van der Waals surface area contributed by atoms with E-state index in [0.29, 0.717) is 0 Å². The molecule has 0 aliphatic rings. The minimum absolute atomic E-state index is 8.24. The fourth-order valence-electron chi connectivity index (χ4n) is 2.13. The highest BCUT2D eigenvalue weighted by molar-refractivity contribution is 6.61. The van der Waals surface area contributed by atoms with Gasteiger partial charge in [0.15, 0.2) is 0 Å². The minimum Gasteiger partial charge on any atom is -0.234 e. The molecule has 41 heavy (non-hydrogen) atoms. The van der Waals surface area contributed by atoms with Gasteiger partial charge in [0.05, 0.1) is 0 Å². The van der Waals surface area contributed by atoms with Crippen LogP contribution in [-0.2, 0) is 0 Å². The highest BCUT2D eigenvalue weighted by Crippen LogP contribution is 2.68. The van der Waals surface area contributed by atoms with Crippen LogP contribution in [-0.4, -0.2) is 80.0 Å². The van der Waals surface area contributed by atoms with Crippen molar-refractivity contribution in [1.29, 1.82) is 0 Å². The summed E-state index contributed by atoms with van der Waals surface area (Å²) < 4.78 is 361. The quantitative estimate of drug-likeness (QED) is 0.115. The van der Waals surface area contributed by atoms with Crippen LogP contribution >= 0.6 is 0 Å². The summed E-state index contributed by atoms with van der Waals surface area (Å²) in [5.41, 5.74) is -8.61. The van der Waals surface area contributed by atoms with E-state index in [2.05, 4.69) is 0 Å². The minimum atomic E-state index is -9.90. The molecule has 0 saturated carbocycles. The Kier molecular flexibility index (Phi) is 8.74. The third-order valence-electron chi connectivity index (χ3n) is 4.66. The van der Waals surface area contributed by atoms with Crippen LogP contribution < -0.4 is 0 Å².